The van der Waals surface area contributed by atoms with Crippen molar-refractivity contribution in [3.8, 4) is 0 Å². The van der Waals surface area contributed by atoms with Crippen LogP contribution < -0.4 is 34.5 Å². The minimum atomic E-state index is -4.12. The molecule has 1 aliphatic rings. The van der Waals surface area contributed by atoms with E-state index in [0.29, 0.717) is 13.0 Å². The molecule has 1 aliphatic heterocycles. The second kappa shape index (κ2) is 6.45. The van der Waals surface area contributed by atoms with Crippen molar-refractivity contribution in [3.63, 3.8) is 0 Å². The monoisotopic (exact) mass is 293 g/mol. The summed E-state index contributed by atoms with van der Waals surface area (Å²) >= 11 is 1.56. The molecule has 4 nitrogen and oxygen atoms in total. The third kappa shape index (κ3) is 4.01. The van der Waals surface area contributed by atoms with E-state index in [2.05, 4.69) is 6.58 Å². The van der Waals surface area contributed by atoms with Crippen LogP contribution in [0.3, 0.4) is 0 Å². The van der Waals surface area contributed by atoms with Gasteiger partial charge in [-0.25, -0.2) is 8.42 Å². The van der Waals surface area contributed by atoms with E-state index in [1.165, 1.54) is 0 Å². The normalized spacial score (nSPS) is 14.3. The number of para-hydroxylation sites is 1. The summed E-state index contributed by atoms with van der Waals surface area (Å²) in [6.45, 7) is 4.43. The van der Waals surface area contributed by atoms with E-state index in [-0.39, 0.29) is 35.3 Å². The van der Waals surface area contributed by atoms with Crippen LogP contribution in [0.25, 0.3) is 0 Å². The van der Waals surface area contributed by atoms with Gasteiger partial charge in [0.25, 0.3) is 0 Å². The third-order valence-electron chi connectivity index (χ3n) is 2.46. The van der Waals surface area contributed by atoms with Gasteiger partial charge < -0.3 is 9.45 Å². The molecule has 0 saturated carbocycles. The van der Waals surface area contributed by atoms with Gasteiger partial charge in [-0.1, -0.05) is 30.5 Å². The van der Waals surface area contributed by atoms with E-state index in [0.717, 1.165) is 15.6 Å². The molecule has 0 aromatic heterocycles. The summed E-state index contributed by atoms with van der Waals surface area (Å²) < 4.78 is 31.6. The van der Waals surface area contributed by atoms with Gasteiger partial charge in [0.15, 0.2) is 0 Å². The maximum atomic E-state index is 10.5. The average molecular weight is 293 g/mol. The van der Waals surface area contributed by atoms with E-state index >= 15 is 0 Å². The Bertz CT molecular complexity index is 545. The summed E-state index contributed by atoms with van der Waals surface area (Å²) in [5, 5.41) is 0.870. The topological polar surface area (TPSA) is 60.4 Å². The molecule has 0 N–H and O–H groups in total. The van der Waals surface area contributed by atoms with Crippen molar-refractivity contribution in [1.82, 2.24) is 0 Å². The molecule has 2 rings (SSSR count). The molecule has 0 saturated heterocycles. The molecule has 0 unspecified atom stereocenters. The molecule has 1 aromatic rings. The van der Waals surface area contributed by atoms with Crippen LogP contribution in [0.15, 0.2) is 40.8 Å². The van der Waals surface area contributed by atoms with Crippen molar-refractivity contribution in [2.45, 2.75) is 11.3 Å². The largest absolute Gasteiger partial charge is 1.00 e. The molecule has 18 heavy (non-hydrogen) atoms. The fourth-order valence-corrected chi connectivity index (χ4v) is 3.19. The zero-order valence-corrected chi connectivity index (χ0v) is 13.8. The molecule has 92 valence electrons. The summed E-state index contributed by atoms with van der Waals surface area (Å²) in [7, 11) is -4.12. The van der Waals surface area contributed by atoms with E-state index in [1.54, 1.807) is 11.8 Å². The maximum absolute atomic E-state index is 10.5. The standard InChI is InChI=1S/C11H13NO3S2.Na/c1-9-12(7-4-8-17(13,14)15)10-5-2-3-6-11(10)16-9;/h2-3,5-6H,1,4,7-8H2,(H,13,14,15);/q;+1/p-1. The zero-order valence-electron chi connectivity index (χ0n) is 10.1. The number of nitrogens with zero attached hydrogens (tertiary/aromatic N) is 1. The fraction of sp³-hybridized carbons (Fsp3) is 0.273. The third-order valence-corrected chi connectivity index (χ3v) is 4.27. The zero-order chi connectivity index (χ0) is 12.5. The van der Waals surface area contributed by atoms with Crippen molar-refractivity contribution in [3.05, 3.63) is 35.9 Å². The Hall–Kier alpha value is 0.0200. The minimum Gasteiger partial charge on any atom is -0.748 e. The molecule has 0 fully saturated rings. The average Bonchev–Trinajstić information content (AvgIpc) is 2.54. The Kier molecular flexibility index (Phi) is 5.76. The molecule has 1 heterocycles. The number of hydrogen-bond donors (Lipinski definition) is 0. The van der Waals surface area contributed by atoms with Gasteiger partial charge in [-0.15, -0.1) is 0 Å². The quantitative estimate of drug-likeness (QED) is 0.527. The van der Waals surface area contributed by atoms with Crippen molar-refractivity contribution in [2.24, 2.45) is 0 Å². The van der Waals surface area contributed by atoms with Gasteiger partial charge >= 0.3 is 29.6 Å². The van der Waals surface area contributed by atoms with Crippen molar-refractivity contribution in [1.29, 1.82) is 0 Å². The summed E-state index contributed by atoms with van der Waals surface area (Å²) in [5.74, 6) is -0.330. The second-order valence-corrected chi connectivity index (χ2v) is 6.37. The van der Waals surface area contributed by atoms with Crippen LogP contribution in [0.5, 0.6) is 0 Å². The van der Waals surface area contributed by atoms with Crippen LogP contribution >= 0.6 is 11.8 Å². The molecule has 7 heteroatoms. The van der Waals surface area contributed by atoms with E-state index in [1.807, 2.05) is 29.2 Å². The molecule has 0 atom stereocenters. The van der Waals surface area contributed by atoms with Crippen LogP contribution in [-0.2, 0) is 10.1 Å². The van der Waals surface area contributed by atoms with Gasteiger partial charge in [-0.3, -0.25) is 0 Å². The summed E-state index contributed by atoms with van der Waals surface area (Å²) in [6, 6.07) is 7.84. The molecule has 0 amide bonds. The molecular weight excluding hydrogens is 281 g/mol. The van der Waals surface area contributed by atoms with Crippen LogP contribution in [0.2, 0.25) is 0 Å². The van der Waals surface area contributed by atoms with Gasteiger partial charge in [0.2, 0.25) is 0 Å². The smallest absolute Gasteiger partial charge is 0.748 e. The number of thioether (sulfide) groups is 1. The van der Waals surface area contributed by atoms with Gasteiger partial charge in [0, 0.05) is 17.2 Å². The van der Waals surface area contributed by atoms with Crippen LogP contribution in [0.1, 0.15) is 6.42 Å². The van der Waals surface area contributed by atoms with E-state index in [9.17, 15) is 13.0 Å². The SMILES string of the molecule is C=C1Sc2ccccc2N1CCCS(=O)(=O)[O-].[Na+]. The predicted molar refractivity (Wildman–Crippen MR) is 68.0 cm³/mol. The Morgan fingerprint density at radius 2 is 2.00 bits per heavy atom. The van der Waals surface area contributed by atoms with Crippen molar-refractivity contribution < 1.29 is 42.5 Å². The van der Waals surface area contributed by atoms with E-state index < -0.39 is 10.1 Å². The maximum Gasteiger partial charge on any atom is 1.00 e. The predicted octanol–water partition coefficient (Wildman–Crippen LogP) is -0.991. The van der Waals surface area contributed by atoms with Crippen molar-refractivity contribution in [2.75, 3.05) is 17.2 Å². The number of fused-ring (bicyclic) bond motifs is 1. The summed E-state index contributed by atoms with van der Waals surface area (Å²) in [4.78, 5) is 3.06. The Balaban J connectivity index is 0.00000162. The first kappa shape index (κ1) is 16.1. The summed E-state index contributed by atoms with van der Waals surface area (Å²) in [5.41, 5.74) is 1.03. The minimum absolute atomic E-state index is 0. The molecular formula is C11H12NNaO3S2. The Labute approximate surface area is 133 Å². The molecule has 0 radical (unpaired) electrons. The van der Waals surface area contributed by atoms with Crippen molar-refractivity contribution >= 4 is 27.6 Å². The summed E-state index contributed by atoms with van der Waals surface area (Å²) in [6.07, 6.45) is 0.319. The van der Waals surface area contributed by atoms with Crippen LogP contribution in [0, 0.1) is 0 Å². The molecule has 0 spiro atoms. The number of hydrogen-bond acceptors (Lipinski definition) is 5. The first-order chi connectivity index (χ1) is 7.97. The number of rotatable bonds is 4. The van der Waals surface area contributed by atoms with Crippen LogP contribution in [0.4, 0.5) is 5.69 Å². The van der Waals surface area contributed by atoms with Gasteiger partial charge in [0.05, 0.1) is 20.8 Å². The Morgan fingerprint density at radius 1 is 1.33 bits per heavy atom. The second-order valence-electron chi connectivity index (χ2n) is 3.73. The van der Waals surface area contributed by atoms with Gasteiger partial charge in [0.1, 0.15) is 0 Å². The fourth-order valence-electron chi connectivity index (χ4n) is 1.73. The van der Waals surface area contributed by atoms with E-state index in [4.69, 9.17) is 0 Å². The number of benzene rings is 1. The molecule has 1 aromatic carbocycles. The molecule has 0 aliphatic carbocycles. The van der Waals surface area contributed by atoms with Gasteiger partial charge in [-0.05, 0) is 18.6 Å². The molecule has 0 bridgehead atoms. The Morgan fingerprint density at radius 3 is 2.67 bits per heavy atom. The first-order valence-electron chi connectivity index (χ1n) is 5.14. The van der Waals surface area contributed by atoms with Crippen LogP contribution in [-0.4, -0.2) is 25.3 Å². The first-order valence-corrected chi connectivity index (χ1v) is 7.54. The number of anilines is 1. The van der Waals surface area contributed by atoms with Gasteiger partial charge in [-0.2, -0.15) is 0 Å².